The van der Waals surface area contributed by atoms with Crippen molar-refractivity contribution in [1.82, 2.24) is 5.32 Å². The molecule has 0 radical (unpaired) electrons. The summed E-state index contributed by atoms with van der Waals surface area (Å²) in [4.78, 5) is 21.0. The average molecular weight is 172 g/mol. The molecule has 0 bridgehead atoms. The lowest BCUT2D eigenvalue weighted by atomic mass is 10.0. The van der Waals surface area contributed by atoms with Gasteiger partial charge in [-0.2, -0.15) is 0 Å². The molecule has 0 aromatic rings. The standard InChI is InChI=1S/C8H15NO3/c1-5(2)4-7(8(11)12)9-6(3)10/h5,7H,4H2,1-3H3,(H,9,10)(H,11,12)/p-1. The van der Waals surface area contributed by atoms with Gasteiger partial charge in [0.25, 0.3) is 0 Å². The van der Waals surface area contributed by atoms with E-state index in [1.807, 2.05) is 13.8 Å². The van der Waals surface area contributed by atoms with Crippen molar-refractivity contribution in [2.24, 2.45) is 5.92 Å². The van der Waals surface area contributed by atoms with Crippen molar-refractivity contribution in [3.8, 4) is 0 Å². The zero-order valence-electron chi connectivity index (χ0n) is 7.59. The number of aliphatic carboxylic acids is 1. The number of nitrogens with one attached hydrogen (secondary N) is 1. The molecule has 4 nitrogen and oxygen atoms in total. The quantitative estimate of drug-likeness (QED) is 0.609. The van der Waals surface area contributed by atoms with Crippen LogP contribution >= 0.6 is 0 Å². The van der Waals surface area contributed by atoms with Crippen molar-refractivity contribution in [3.05, 3.63) is 0 Å². The van der Waals surface area contributed by atoms with Crippen LogP contribution in [0.4, 0.5) is 0 Å². The Kier molecular flexibility index (Phi) is 4.33. The molecule has 1 unspecified atom stereocenters. The van der Waals surface area contributed by atoms with E-state index < -0.39 is 12.0 Å². The van der Waals surface area contributed by atoms with Gasteiger partial charge in [-0.3, -0.25) is 4.79 Å². The molecule has 0 saturated heterocycles. The second-order valence-electron chi connectivity index (χ2n) is 3.20. The van der Waals surface area contributed by atoms with Crippen molar-refractivity contribution in [2.45, 2.75) is 33.2 Å². The fraction of sp³-hybridized carbons (Fsp3) is 0.750. The van der Waals surface area contributed by atoms with Crippen LogP contribution < -0.4 is 10.4 Å². The van der Waals surface area contributed by atoms with E-state index in [0.29, 0.717) is 6.42 Å². The number of carbonyl (C=O) groups excluding carboxylic acids is 2. The molecule has 0 aliphatic rings. The predicted octanol–water partition coefficient (Wildman–Crippen LogP) is -0.713. The van der Waals surface area contributed by atoms with Crippen LogP contribution in [0.25, 0.3) is 0 Å². The van der Waals surface area contributed by atoms with Crippen molar-refractivity contribution >= 4 is 11.9 Å². The molecule has 0 spiro atoms. The minimum Gasteiger partial charge on any atom is -0.548 e. The second-order valence-corrected chi connectivity index (χ2v) is 3.20. The number of hydrogen-bond acceptors (Lipinski definition) is 3. The van der Waals surface area contributed by atoms with Gasteiger partial charge in [-0.05, 0) is 12.3 Å². The fourth-order valence-electron chi connectivity index (χ4n) is 0.931. The molecule has 0 saturated carbocycles. The second kappa shape index (κ2) is 4.74. The van der Waals surface area contributed by atoms with Gasteiger partial charge >= 0.3 is 0 Å². The molecule has 1 N–H and O–H groups in total. The van der Waals surface area contributed by atoms with Gasteiger partial charge < -0.3 is 15.2 Å². The van der Waals surface area contributed by atoms with E-state index in [-0.39, 0.29) is 11.8 Å². The van der Waals surface area contributed by atoms with Crippen LogP contribution in [-0.4, -0.2) is 17.9 Å². The van der Waals surface area contributed by atoms with Crippen LogP contribution in [0.15, 0.2) is 0 Å². The number of hydrogen-bond donors (Lipinski definition) is 1. The third-order valence-electron chi connectivity index (χ3n) is 1.37. The average Bonchev–Trinajstić information content (AvgIpc) is 1.83. The summed E-state index contributed by atoms with van der Waals surface area (Å²) in [7, 11) is 0. The molecule has 70 valence electrons. The zero-order valence-corrected chi connectivity index (χ0v) is 7.59. The molecule has 4 heteroatoms. The number of carboxylic acids is 1. The number of amides is 1. The summed E-state index contributed by atoms with van der Waals surface area (Å²) in [6.07, 6.45) is 0.405. The first-order valence-electron chi connectivity index (χ1n) is 3.91. The fourth-order valence-corrected chi connectivity index (χ4v) is 0.931. The molecular weight excluding hydrogens is 158 g/mol. The molecule has 1 atom stereocenters. The van der Waals surface area contributed by atoms with Crippen LogP contribution in [-0.2, 0) is 9.59 Å². The highest BCUT2D eigenvalue weighted by Crippen LogP contribution is 2.03. The molecule has 0 heterocycles. The van der Waals surface area contributed by atoms with Crippen LogP contribution in [0.5, 0.6) is 0 Å². The van der Waals surface area contributed by atoms with Gasteiger partial charge in [-0.1, -0.05) is 13.8 Å². The summed E-state index contributed by atoms with van der Waals surface area (Å²) in [6.45, 7) is 5.06. The van der Waals surface area contributed by atoms with E-state index in [0.717, 1.165) is 0 Å². The first kappa shape index (κ1) is 10.9. The topological polar surface area (TPSA) is 69.2 Å². The van der Waals surface area contributed by atoms with Crippen molar-refractivity contribution in [3.63, 3.8) is 0 Å². The summed E-state index contributed by atoms with van der Waals surface area (Å²) in [6, 6.07) is -0.859. The van der Waals surface area contributed by atoms with Crippen molar-refractivity contribution in [2.75, 3.05) is 0 Å². The summed E-state index contributed by atoms with van der Waals surface area (Å²) in [5, 5.41) is 12.8. The van der Waals surface area contributed by atoms with Gasteiger partial charge in [-0.25, -0.2) is 0 Å². The maximum absolute atomic E-state index is 10.5. The maximum Gasteiger partial charge on any atom is 0.217 e. The Morgan fingerprint density at radius 2 is 1.92 bits per heavy atom. The first-order chi connectivity index (χ1) is 5.43. The van der Waals surface area contributed by atoms with Gasteiger partial charge in [0, 0.05) is 6.92 Å². The third-order valence-corrected chi connectivity index (χ3v) is 1.37. The summed E-state index contributed by atoms with van der Waals surface area (Å²) in [5.41, 5.74) is 0. The monoisotopic (exact) mass is 172 g/mol. The van der Waals surface area contributed by atoms with E-state index in [1.54, 1.807) is 0 Å². The Labute approximate surface area is 72.0 Å². The smallest absolute Gasteiger partial charge is 0.217 e. The van der Waals surface area contributed by atoms with Crippen LogP contribution in [0.2, 0.25) is 0 Å². The highest BCUT2D eigenvalue weighted by molar-refractivity contribution is 5.80. The normalized spacial score (nSPS) is 12.7. The molecule has 0 aliphatic carbocycles. The highest BCUT2D eigenvalue weighted by Gasteiger charge is 2.12. The minimum atomic E-state index is -1.22. The van der Waals surface area contributed by atoms with E-state index >= 15 is 0 Å². The number of carbonyl (C=O) groups is 2. The van der Waals surface area contributed by atoms with Crippen molar-refractivity contribution < 1.29 is 14.7 Å². The van der Waals surface area contributed by atoms with Gasteiger partial charge in [0.1, 0.15) is 0 Å². The lowest BCUT2D eigenvalue weighted by Gasteiger charge is -2.20. The minimum absolute atomic E-state index is 0.222. The molecule has 0 rings (SSSR count). The molecule has 0 aromatic carbocycles. The molecular formula is C8H14NO3-. The Morgan fingerprint density at radius 3 is 2.17 bits per heavy atom. The first-order valence-corrected chi connectivity index (χ1v) is 3.91. The number of rotatable bonds is 4. The molecule has 0 fully saturated rings. The van der Waals surface area contributed by atoms with E-state index in [4.69, 9.17) is 0 Å². The summed E-state index contributed by atoms with van der Waals surface area (Å²) < 4.78 is 0. The molecule has 1 amide bonds. The lowest BCUT2D eigenvalue weighted by Crippen LogP contribution is -2.47. The summed E-state index contributed by atoms with van der Waals surface area (Å²) >= 11 is 0. The molecule has 0 aromatic heterocycles. The predicted molar refractivity (Wildman–Crippen MR) is 42.1 cm³/mol. The summed E-state index contributed by atoms with van der Waals surface area (Å²) in [5.74, 6) is -1.34. The van der Waals surface area contributed by atoms with Gasteiger partial charge in [0.2, 0.25) is 5.91 Å². The zero-order chi connectivity index (χ0) is 9.72. The van der Waals surface area contributed by atoms with Gasteiger partial charge in [0.05, 0.1) is 12.0 Å². The van der Waals surface area contributed by atoms with Crippen LogP contribution in [0.1, 0.15) is 27.2 Å². The van der Waals surface area contributed by atoms with E-state index in [9.17, 15) is 14.7 Å². The van der Waals surface area contributed by atoms with Crippen LogP contribution in [0.3, 0.4) is 0 Å². The van der Waals surface area contributed by atoms with E-state index in [1.165, 1.54) is 6.92 Å². The van der Waals surface area contributed by atoms with E-state index in [2.05, 4.69) is 5.32 Å². The lowest BCUT2D eigenvalue weighted by molar-refractivity contribution is -0.308. The Hall–Kier alpha value is -1.06. The van der Waals surface area contributed by atoms with Gasteiger partial charge in [-0.15, -0.1) is 0 Å². The third kappa shape index (κ3) is 4.71. The Bertz CT molecular complexity index is 177. The molecule has 12 heavy (non-hydrogen) atoms. The van der Waals surface area contributed by atoms with Gasteiger partial charge in [0.15, 0.2) is 0 Å². The Morgan fingerprint density at radius 1 is 1.42 bits per heavy atom. The SMILES string of the molecule is CC(=O)NC(CC(C)C)C(=O)[O-]. The highest BCUT2D eigenvalue weighted by atomic mass is 16.4. The van der Waals surface area contributed by atoms with Crippen LogP contribution in [0, 0.1) is 5.92 Å². The largest absolute Gasteiger partial charge is 0.548 e. The van der Waals surface area contributed by atoms with Crippen molar-refractivity contribution in [1.29, 1.82) is 0 Å². The maximum atomic E-state index is 10.5. The molecule has 0 aliphatic heterocycles. The number of carboxylic acid groups (broad SMARTS) is 1. The Balaban J connectivity index is 4.04.